The Bertz CT molecular complexity index is 819. The van der Waals surface area contributed by atoms with Crippen molar-refractivity contribution >= 4 is 5.91 Å². The van der Waals surface area contributed by atoms with Gasteiger partial charge in [0.05, 0.1) is 11.6 Å². The van der Waals surface area contributed by atoms with Crippen LogP contribution in [-0.2, 0) is 30.5 Å². The third-order valence-corrected chi connectivity index (χ3v) is 4.54. The summed E-state index contributed by atoms with van der Waals surface area (Å²) in [5, 5.41) is 2.62. The first-order valence-corrected chi connectivity index (χ1v) is 8.15. The predicted molar refractivity (Wildman–Crippen MR) is 88.6 cm³/mol. The second-order valence-electron chi connectivity index (χ2n) is 6.47. The quantitative estimate of drug-likeness (QED) is 0.843. The summed E-state index contributed by atoms with van der Waals surface area (Å²) in [4.78, 5) is 14.4. The summed E-state index contributed by atoms with van der Waals surface area (Å²) in [5.74, 6) is -1.27. The molecule has 0 saturated heterocycles. The number of nitrogens with zero attached hydrogens (tertiary/aromatic N) is 1. The molecular weight excluding hydrogens is 348 g/mol. The van der Waals surface area contributed by atoms with Crippen molar-refractivity contribution in [2.45, 2.75) is 31.7 Å². The molecule has 1 N–H and O–H groups in total. The number of rotatable bonds is 3. The Balaban J connectivity index is 1.69. The minimum atomic E-state index is -4.63. The third kappa shape index (κ3) is 4.04. The number of fused-ring (bicyclic) bond motifs is 1. The lowest BCUT2D eigenvalue weighted by Crippen LogP contribution is -2.48. The minimum absolute atomic E-state index is 0.0736. The van der Waals surface area contributed by atoms with Gasteiger partial charge in [-0.05, 0) is 48.4 Å². The average Bonchev–Trinajstić information content (AvgIpc) is 2.58. The number of amides is 1. The van der Waals surface area contributed by atoms with Crippen molar-refractivity contribution in [3.05, 3.63) is 70.5 Å². The van der Waals surface area contributed by atoms with Gasteiger partial charge in [-0.3, -0.25) is 9.69 Å². The summed E-state index contributed by atoms with van der Waals surface area (Å²) in [5.41, 5.74) is 1.24. The van der Waals surface area contributed by atoms with E-state index in [-0.39, 0.29) is 18.0 Å². The SMILES string of the molecule is CN1Cc2ccccc2C[C@@H]1C(=O)NCc1cc(F)cc(C(F)(F)F)c1. The van der Waals surface area contributed by atoms with Gasteiger partial charge in [0.25, 0.3) is 0 Å². The number of carbonyl (C=O) groups is 1. The molecule has 3 nitrogen and oxygen atoms in total. The van der Waals surface area contributed by atoms with Gasteiger partial charge in [0.15, 0.2) is 0 Å². The van der Waals surface area contributed by atoms with Crippen LogP contribution in [0.4, 0.5) is 17.6 Å². The van der Waals surface area contributed by atoms with Crippen molar-refractivity contribution in [3.63, 3.8) is 0 Å². The number of alkyl halides is 3. The van der Waals surface area contributed by atoms with Crippen LogP contribution in [0.3, 0.4) is 0 Å². The Hall–Kier alpha value is -2.41. The predicted octanol–water partition coefficient (Wildman–Crippen LogP) is 3.52. The van der Waals surface area contributed by atoms with Gasteiger partial charge < -0.3 is 5.32 Å². The topological polar surface area (TPSA) is 32.3 Å². The van der Waals surface area contributed by atoms with Crippen molar-refractivity contribution in [3.8, 4) is 0 Å². The summed E-state index contributed by atoms with van der Waals surface area (Å²) in [6.45, 7) is 0.456. The monoisotopic (exact) mass is 366 g/mol. The number of nitrogens with one attached hydrogen (secondary N) is 1. The van der Waals surface area contributed by atoms with Gasteiger partial charge in [-0.2, -0.15) is 13.2 Å². The molecular formula is C19H18F4N2O. The van der Waals surface area contributed by atoms with Crippen molar-refractivity contribution in [1.82, 2.24) is 10.2 Å². The van der Waals surface area contributed by atoms with Gasteiger partial charge in [-0.15, -0.1) is 0 Å². The van der Waals surface area contributed by atoms with Gasteiger partial charge in [-0.1, -0.05) is 24.3 Å². The Labute approximate surface area is 148 Å². The van der Waals surface area contributed by atoms with Crippen LogP contribution in [0.2, 0.25) is 0 Å². The lowest BCUT2D eigenvalue weighted by molar-refractivity contribution is -0.137. The lowest BCUT2D eigenvalue weighted by Gasteiger charge is -2.33. The Morgan fingerprint density at radius 2 is 1.88 bits per heavy atom. The highest BCUT2D eigenvalue weighted by Crippen LogP contribution is 2.30. The Morgan fingerprint density at radius 1 is 1.19 bits per heavy atom. The fraction of sp³-hybridized carbons (Fsp3) is 0.316. The van der Waals surface area contributed by atoms with Crippen LogP contribution >= 0.6 is 0 Å². The first-order valence-electron chi connectivity index (χ1n) is 8.15. The molecule has 0 saturated carbocycles. The van der Waals surface area contributed by atoms with E-state index in [0.717, 1.165) is 23.3 Å². The van der Waals surface area contributed by atoms with Gasteiger partial charge in [0, 0.05) is 13.1 Å². The van der Waals surface area contributed by atoms with E-state index in [1.54, 1.807) is 0 Å². The molecule has 1 aliphatic rings. The van der Waals surface area contributed by atoms with Crippen LogP contribution in [0.15, 0.2) is 42.5 Å². The number of likely N-dealkylation sites (N-methyl/N-ethyl adjacent to an activating group) is 1. The van der Waals surface area contributed by atoms with Gasteiger partial charge in [0.1, 0.15) is 5.82 Å². The second-order valence-corrected chi connectivity index (χ2v) is 6.47. The molecule has 0 unspecified atom stereocenters. The van der Waals surface area contributed by atoms with E-state index in [4.69, 9.17) is 0 Å². The van der Waals surface area contributed by atoms with E-state index < -0.39 is 23.6 Å². The van der Waals surface area contributed by atoms with Crippen molar-refractivity contribution < 1.29 is 22.4 Å². The van der Waals surface area contributed by atoms with Crippen LogP contribution in [0.1, 0.15) is 22.3 Å². The van der Waals surface area contributed by atoms with E-state index in [1.165, 1.54) is 0 Å². The summed E-state index contributed by atoms with van der Waals surface area (Å²) in [6, 6.07) is 9.69. The molecule has 7 heteroatoms. The molecule has 26 heavy (non-hydrogen) atoms. The van der Waals surface area contributed by atoms with Crippen molar-refractivity contribution in [2.75, 3.05) is 7.05 Å². The zero-order valence-corrected chi connectivity index (χ0v) is 14.1. The summed E-state index contributed by atoms with van der Waals surface area (Å²) in [7, 11) is 1.82. The molecule has 1 aliphatic heterocycles. The molecule has 1 amide bonds. The minimum Gasteiger partial charge on any atom is -0.351 e. The second kappa shape index (κ2) is 7.07. The molecule has 2 aromatic rings. The van der Waals surface area contributed by atoms with E-state index in [2.05, 4.69) is 5.32 Å². The molecule has 0 aromatic heterocycles. The molecule has 0 radical (unpaired) electrons. The Morgan fingerprint density at radius 3 is 2.58 bits per heavy atom. The van der Waals surface area contributed by atoms with Crippen LogP contribution in [0.25, 0.3) is 0 Å². The van der Waals surface area contributed by atoms with Crippen LogP contribution in [0.5, 0.6) is 0 Å². The molecule has 0 spiro atoms. The number of hydrogen-bond acceptors (Lipinski definition) is 2. The zero-order chi connectivity index (χ0) is 18.9. The van der Waals surface area contributed by atoms with Gasteiger partial charge >= 0.3 is 6.18 Å². The molecule has 2 aromatic carbocycles. The highest BCUT2D eigenvalue weighted by Gasteiger charge is 2.32. The maximum Gasteiger partial charge on any atom is 0.416 e. The molecule has 0 aliphatic carbocycles. The molecule has 0 bridgehead atoms. The molecule has 1 heterocycles. The van der Waals surface area contributed by atoms with Crippen LogP contribution in [0, 0.1) is 5.82 Å². The molecule has 138 valence electrons. The van der Waals surface area contributed by atoms with Crippen molar-refractivity contribution in [1.29, 1.82) is 0 Å². The average molecular weight is 366 g/mol. The first kappa shape index (κ1) is 18.4. The molecule has 3 rings (SSSR count). The maximum absolute atomic E-state index is 13.4. The molecule has 1 atom stereocenters. The lowest BCUT2D eigenvalue weighted by atomic mass is 9.94. The highest BCUT2D eigenvalue weighted by atomic mass is 19.4. The largest absolute Gasteiger partial charge is 0.416 e. The van der Waals surface area contributed by atoms with Crippen molar-refractivity contribution in [2.24, 2.45) is 0 Å². The smallest absolute Gasteiger partial charge is 0.351 e. The maximum atomic E-state index is 13.4. The standard InChI is InChI=1S/C19H18F4N2O/c1-25-11-14-5-3-2-4-13(14)8-17(25)18(26)24-10-12-6-15(19(21,22)23)9-16(20)7-12/h2-7,9,17H,8,10-11H2,1H3,(H,24,26)/t17-/m1/s1. The van der Waals surface area contributed by atoms with E-state index in [1.807, 2.05) is 36.2 Å². The third-order valence-electron chi connectivity index (χ3n) is 4.54. The number of benzene rings is 2. The summed E-state index contributed by atoms with van der Waals surface area (Å²) in [6.07, 6.45) is -4.11. The number of hydrogen-bond donors (Lipinski definition) is 1. The number of carbonyl (C=O) groups excluding carboxylic acids is 1. The fourth-order valence-corrected chi connectivity index (χ4v) is 3.17. The van der Waals surface area contributed by atoms with E-state index in [0.29, 0.717) is 19.0 Å². The van der Waals surface area contributed by atoms with Crippen LogP contribution in [-0.4, -0.2) is 23.9 Å². The van der Waals surface area contributed by atoms with Gasteiger partial charge in [-0.25, -0.2) is 4.39 Å². The fourth-order valence-electron chi connectivity index (χ4n) is 3.17. The number of halogens is 4. The Kier molecular flexibility index (Phi) is 5.00. The van der Waals surface area contributed by atoms with Crippen LogP contribution < -0.4 is 5.32 Å². The van der Waals surface area contributed by atoms with E-state index >= 15 is 0 Å². The first-order chi connectivity index (χ1) is 12.2. The summed E-state index contributed by atoms with van der Waals surface area (Å²) >= 11 is 0. The van der Waals surface area contributed by atoms with E-state index in [9.17, 15) is 22.4 Å². The molecule has 0 fully saturated rings. The zero-order valence-electron chi connectivity index (χ0n) is 14.1. The highest BCUT2D eigenvalue weighted by molar-refractivity contribution is 5.82. The summed E-state index contributed by atoms with van der Waals surface area (Å²) < 4.78 is 51.8. The normalized spacial score (nSPS) is 17.7. The van der Waals surface area contributed by atoms with Gasteiger partial charge in [0.2, 0.25) is 5.91 Å².